The van der Waals surface area contributed by atoms with Crippen molar-refractivity contribution >= 4 is 17.7 Å². The molecule has 2 fully saturated rings. The number of hydrogen-bond acceptors (Lipinski definition) is 4. The monoisotopic (exact) mass is 300 g/mol. The predicted molar refractivity (Wildman–Crippen MR) is 83.9 cm³/mol. The Labute approximate surface area is 126 Å². The SMILES string of the molecule is CCCNC1(C(N)=O)CCCC(SC2CCOC2C)C1. The van der Waals surface area contributed by atoms with Crippen molar-refractivity contribution in [2.45, 2.75) is 74.5 Å². The fourth-order valence-corrected chi connectivity index (χ4v) is 5.02. The number of nitrogens with two attached hydrogens (primary N) is 1. The number of carbonyl (C=O) groups excluding carboxylic acids is 1. The van der Waals surface area contributed by atoms with E-state index in [0.717, 1.165) is 45.3 Å². The molecule has 0 radical (unpaired) electrons. The Kier molecular flexibility index (Phi) is 5.75. The minimum Gasteiger partial charge on any atom is -0.377 e. The summed E-state index contributed by atoms with van der Waals surface area (Å²) < 4.78 is 5.64. The summed E-state index contributed by atoms with van der Waals surface area (Å²) in [5.74, 6) is -0.174. The highest BCUT2D eigenvalue weighted by Gasteiger charge is 2.42. The molecule has 116 valence electrons. The molecule has 0 aromatic carbocycles. The summed E-state index contributed by atoms with van der Waals surface area (Å²) in [6, 6.07) is 0. The normalized spacial score (nSPS) is 38.0. The van der Waals surface area contributed by atoms with E-state index in [9.17, 15) is 4.79 Å². The van der Waals surface area contributed by atoms with Gasteiger partial charge in [0.2, 0.25) is 5.91 Å². The number of ether oxygens (including phenoxy) is 1. The second kappa shape index (κ2) is 7.14. The molecule has 1 aliphatic heterocycles. The van der Waals surface area contributed by atoms with Crippen LogP contribution in [0.1, 0.15) is 52.4 Å². The van der Waals surface area contributed by atoms with Crippen LogP contribution in [0.5, 0.6) is 0 Å². The van der Waals surface area contributed by atoms with E-state index < -0.39 is 5.54 Å². The highest BCUT2D eigenvalue weighted by atomic mass is 32.2. The topological polar surface area (TPSA) is 64.3 Å². The van der Waals surface area contributed by atoms with Crippen LogP contribution in [-0.2, 0) is 9.53 Å². The number of rotatable bonds is 6. The van der Waals surface area contributed by atoms with Crippen LogP contribution in [0.3, 0.4) is 0 Å². The van der Waals surface area contributed by atoms with Crippen LogP contribution in [0.4, 0.5) is 0 Å². The molecule has 20 heavy (non-hydrogen) atoms. The molecular weight excluding hydrogens is 272 g/mol. The van der Waals surface area contributed by atoms with Crippen LogP contribution < -0.4 is 11.1 Å². The summed E-state index contributed by atoms with van der Waals surface area (Å²) in [5.41, 5.74) is 5.23. The van der Waals surface area contributed by atoms with Gasteiger partial charge in [0.25, 0.3) is 0 Å². The van der Waals surface area contributed by atoms with E-state index in [1.54, 1.807) is 0 Å². The van der Waals surface area contributed by atoms with E-state index in [1.165, 1.54) is 6.42 Å². The highest BCUT2D eigenvalue weighted by Crippen LogP contribution is 2.40. The summed E-state index contributed by atoms with van der Waals surface area (Å²) in [6.45, 7) is 6.02. The molecule has 0 aromatic rings. The van der Waals surface area contributed by atoms with Crippen LogP contribution >= 0.6 is 11.8 Å². The minimum atomic E-state index is -0.478. The molecule has 2 rings (SSSR count). The van der Waals surface area contributed by atoms with E-state index >= 15 is 0 Å². The molecule has 0 spiro atoms. The van der Waals surface area contributed by atoms with Gasteiger partial charge in [-0.1, -0.05) is 6.92 Å². The Balaban J connectivity index is 1.96. The van der Waals surface area contributed by atoms with Crippen molar-refractivity contribution in [3.63, 3.8) is 0 Å². The summed E-state index contributed by atoms with van der Waals surface area (Å²) in [4.78, 5) is 12.0. The standard InChI is InChI=1S/C15H28N2O2S/c1-3-8-17-15(14(16)18)7-4-5-12(10-15)20-13-6-9-19-11(13)2/h11-13,17H,3-10H2,1-2H3,(H2,16,18). The quantitative estimate of drug-likeness (QED) is 0.788. The number of amides is 1. The van der Waals surface area contributed by atoms with Gasteiger partial charge in [0.05, 0.1) is 11.6 Å². The first-order valence-electron chi connectivity index (χ1n) is 7.89. The van der Waals surface area contributed by atoms with Gasteiger partial charge < -0.3 is 15.8 Å². The predicted octanol–water partition coefficient (Wildman–Crippen LogP) is 2.06. The average Bonchev–Trinajstić information content (AvgIpc) is 2.82. The molecule has 0 bridgehead atoms. The third-order valence-electron chi connectivity index (χ3n) is 4.56. The van der Waals surface area contributed by atoms with Crippen molar-refractivity contribution in [2.24, 2.45) is 5.73 Å². The van der Waals surface area contributed by atoms with Gasteiger partial charge in [-0.25, -0.2) is 0 Å². The second-order valence-corrected chi connectivity index (χ2v) is 7.67. The van der Waals surface area contributed by atoms with Crippen molar-refractivity contribution in [2.75, 3.05) is 13.2 Å². The van der Waals surface area contributed by atoms with Gasteiger partial charge in [0.15, 0.2) is 0 Å². The van der Waals surface area contributed by atoms with Gasteiger partial charge in [-0.05, 0) is 52.0 Å². The molecule has 0 aromatic heterocycles. The first kappa shape index (κ1) is 16.1. The third-order valence-corrected chi connectivity index (χ3v) is 6.32. The summed E-state index contributed by atoms with van der Waals surface area (Å²) in [6.07, 6.45) is 6.53. The Morgan fingerprint density at radius 1 is 1.50 bits per heavy atom. The fraction of sp³-hybridized carbons (Fsp3) is 0.933. The van der Waals surface area contributed by atoms with Crippen LogP contribution in [-0.4, -0.2) is 41.2 Å². The van der Waals surface area contributed by atoms with E-state index in [4.69, 9.17) is 10.5 Å². The Hall–Kier alpha value is -0.260. The van der Waals surface area contributed by atoms with Crippen LogP contribution in [0, 0.1) is 0 Å². The molecule has 1 aliphatic carbocycles. The first-order valence-corrected chi connectivity index (χ1v) is 8.83. The lowest BCUT2D eigenvalue weighted by atomic mass is 9.80. The summed E-state index contributed by atoms with van der Waals surface area (Å²) in [7, 11) is 0. The molecule has 1 saturated carbocycles. The molecule has 1 amide bonds. The first-order chi connectivity index (χ1) is 9.57. The van der Waals surface area contributed by atoms with Crippen molar-refractivity contribution in [3.05, 3.63) is 0 Å². The maximum atomic E-state index is 12.0. The second-order valence-electron chi connectivity index (χ2n) is 6.13. The molecular formula is C15H28N2O2S. The van der Waals surface area contributed by atoms with Crippen LogP contribution in [0.15, 0.2) is 0 Å². The lowest BCUT2D eigenvalue weighted by Crippen LogP contribution is -2.58. The van der Waals surface area contributed by atoms with Crippen LogP contribution in [0.25, 0.3) is 0 Å². The van der Waals surface area contributed by atoms with Crippen molar-refractivity contribution < 1.29 is 9.53 Å². The Morgan fingerprint density at radius 2 is 2.30 bits per heavy atom. The lowest BCUT2D eigenvalue weighted by Gasteiger charge is -2.40. The number of hydrogen-bond donors (Lipinski definition) is 2. The molecule has 2 aliphatic rings. The molecule has 3 N–H and O–H groups in total. The van der Waals surface area contributed by atoms with Crippen molar-refractivity contribution in [3.8, 4) is 0 Å². The van der Waals surface area contributed by atoms with Gasteiger partial charge in [0.1, 0.15) is 0 Å². The number of nitrogens with one attached hydrogen (secondary N) is 1. The molecule has 4 nitrogen and oxygen atoms in total. The zero-order valence-corrected chi connectivity index (χ0v) is 13.5. The van der Waals surface area contributed by atoms with Crippen molar-refractivity contribution in [1.29, 1.82) is 0 Å². The van der Waals surface area contributed by atoms with E-state index in [2.05, 4.69) is 19.2 Å². The molecule has 4 unspecified atom stereocenters. The van der Waals surface area contributed by atoms with Gasteiger partial charge in [-0.2, -0.15) is 11.8 Å². The number of carbonyl (C=O) groups is 1. The van der Waals surface area contributed by atoms with Gasteiger partial charge in [-0.15, -0.1) is 0 Å². The van der Waals surface area contributed by atoms with Gasteiger partial charge in [-0.3, -0.25) is 4.79 Å². The van der Waals surface area contributed by atoms with Crippen LogP contribution in [0.2, 0.25) is 0 Å². The zero-order valence-electron chi connectivity index (χ0n) is 12.7. The van der Waals surface area contributed by atoms with Crippen molar-refractivity contribution in [1.82, 2.24) is 5.32 Å². The van der Waals surface area contributed by atoms with E-state index in [-0.39, 0.29) is 5.91 Å². The molecule has 1 heterocycles. The fourth-order valence-electron chi connectivity index (χ4n) is 3.31. The minimum absolute atomic E-state index is 0.174. The zero-order chi connectivity index (χ0) is 14.6. The molecule has 1 saturated heterocycles. The Morgan fingerprint density at radius 3 is 2.90 bits per heavy atom. The maximum Gasteiger partial charge on any atom is 0.237 e. The largest absolute Gasteiger partial charge is 0.377 e. The average molecular weight is 300 g/mol. The molecule has 4 atom stereocenters. The lowest BCUT2D eigenvalue weighted by molar-refractivity contribution is -0.125. The smallest absolute Gasteiger partial charge is 0.237 e. The van der Waals surface area contributed by atoms with Gasteiger partial charge >= 0.3 is 0 Å². The summed E-state index contributed by atoms with van der Waals surface area (Å²) in [5, 5.41) is 4.53. The number of primary amides is 1. The summed E-state index contributed by atoms with van der Waals surface area (Å²) >= 11 is 2.02. The molecule has 5 heteroatoms. The van der Waals surface area contributed by atoms with E-state index in [1.807, 2.05) is 11.8 Å². The maximum absolute atomic E-state index is 12.0. The Bertz CT molecular complexity index is 340. The van der Waals surface area contributed by atoms with Gasteiger partial charge in [0, 0.05) is 17.1 Å². The highest BCUT2D eigenvalue weighted by molar-refractivity contribution is 8.00. The van der Waals surface area contributed by atoms with E-state index in [0.29, 0.717) is 16.6 Å². The number of thioether (sulfide) groups is 1. The third kappa shape index (κ3) is 3.68.